The van der Waals surface area contributed by atoms with Gasteiger partial charge in [-0.15, -0.1) is 11.3 Å². The number of aromatic nitrogens is 2. The SMILES string of the molecule is O=C(Cn1cnc2scc(-c3ccccc3)c2c1=O)N/N=C\c1cc(Br)ccc1O. The zero-order valence-electron chi connectivity index (χ0n) is 15.4. The average molecular weight is 483 g/mol. The molecule has 30 heavy (non-hydrogen) atoms. The molecule has 2 aromatic carbocycles. The van der Waals surface area contributed by atoms with Crippen molar-refractivity contribution in [3.05, 3.63) is 80.6 Å². The monoisotopic (exact) mass is 482 g/mol. The molecule has 0 aliphatic rings. The van der Waals surface area contributed by atoms with Crippen LogP contribution in [0.3, 0.4) is 0 Å². The molecule has 0 unspecified atom stereocenters. The van der Waals surface area contributed by atoms with E-state index in [1.165, 1.54) is 34.5 Å². The standard InChI is InChI=1S/C21H15BrN4O3S/c22-15-6-7-17(27)14(8-15)9-24-25-18(28)10-26-12-23-20-19(21(26)29)16(11-30-20)13-4-2-1-3-5-13/h1-9,11-12,27H,10H2,(H,25,28)/b24-9-. The van der Waals surface area contributed by atoms with Crippen LogP contribution in [0.5, 0.6) is 5.75 Å². The minimum atomic E-state index is -0.486. The predicted molar refractivity (Wildman–Crippen MR) is 121 cm³/mol. The number of aromatic hydroxyl groups is 1. The first-order chi connectivity index (χ1) is 14.5. The summed E-state index contributed by atoms with van der Waals surface area (Å²) >= 11 is 4.69. The third-order valence-corrected chi connectivity index (χ3v) is 5.72. The van der Waals surface area contributed by atoms with E-state index in [2.05, 4.69) is 31.4 Å². The first-order valence-corrected chi connectivity index (χ1v) is 10.5. The number of amides is 1. The predicted octanol–water partition coefficient (Wildman–Crippen LogP) is 3.74. The molecule has 7 nitrogen and oxygen atoms in total. The summed E-state index contributed by atoms with van der Waals surface area (Å²) in [5.41, 5.74) is 4.23. The number of hydrogen-bond donors (Lipinski definition) is 2. The Labute approximate surface area is 183 Å². The number of fused-ring (bicyclic) bond motifs is 1. The van der Waals surface area contributed by atoms with Crippen LogP contribution in [0.25, 0.3) is 21.3 Å². The maximum absolute atomic E-state index is 13.0. The number of nitrogens with zero attached hydrogens (tertiary/aromatic N) is 3. The van der Waals surface area contributed by atoms with Crippen LogP contribution in [-0.2, 0) is 11.3 Å². The highest BCUT2D eigenvalue weighted by Gasteiger charge is 2.14. The fourth-order valence-electron chi connectivity index (χ4n) is 2.90. The van der Waals surface area contributed by atoms with Gasteiger partial charge in [0.05, 0.1) is 17.9 Å². The van der Waals surface area contributed by atoms with Crippen LogP contribution in [0.15, 0.2) is 74.6 Å². The van der Waals surface area contributed by atoms with Crippen molar-refractivity contribution in [2.45, 2.75) is 6.54 Å². The van der Waals surface area contributed by atoms with Gasteiger partial charge in [0.1, 0.15) is 17.1 Å². The number of phenols is 1. The third kappa shape index (κ3) is 4.17. The minimum absolute atomic E-state index is 0.0352. The topological polar surface area (TPSA) is 96.6 Å². The van der Waals surface area contributed by atoms with E-state index in [9.17, 15) is 14.7 Å². The van der Waals surface area contributed by atoms with E-state index < -0.39 is 5.91 Å². The highest BCUT2D eigenvalue weighted by atomic mass is 79.9. The molecule has 4 aromatic rings. The molecule has 150 valence electrons. The lowest BCUT2D eigenvalue weighted by atomic mass is 10.1. The number of hydrazone groups is 1. The van der Waals surface area contributed by atoms with Gasteiger partial charge in [0.2, 0.25) is 0 Å². The Hall–Kier alpha value is -3.30. The van der Waals surface area contributed by atoms with Gasteiger partial charge in [-0.25, -0.2) is 10.4 Å². The van der Waals surface area contributed by atoms with E-state index in [-0.39, 0.29) is 17.9 Å². The number of halogens is 1. The van der Waals surface area contributed by atoms with Crippen molar-refractivity contribution in [1.29, 1.82) is 0 Å². The molecule has 2 heterocycles. The summed E-state index contributed by atoms with van der Waals surface area (Å²) in [6, 6.07) is 14.4. The van der Waals surface area contributed by atoms with Crippen LogP contribution >= 0.6 is 27.3 Å². The quantitative estimate of drug-likeness (QED) is 0.334. The number of carbonyl (C=O) groups is 1. The van der Waals surface area contributed by atoms with Gasteiger partial charge in [0.15, 0.2) is 0 Å². The molecule has 4 rings (SSSR count). The van der Waals surface area contributed by atoms with Gasteiger partial charge < -0.3 is 5.11 Å². The molecular weight excluding hydrogens is 468 g/mol. The van der Waals surface area contributed by atoms with Gasteiger partial charge in [0, 0.05) is 21.0 Å². The number of hydrogen-bond acceptors (Lipinski definition) is 6. The van der Waals surface area contributed by atoms with Crippen molar-refractivity contribution >= 4 is 49.6 Å². The van der Waals surface area contributed by atoms with Crippen molar-refractivity contribution in [3.8, 4) is 16.9 Å². The van der Waals surface area contributed by atoms with Crippen molar-refractivity contribution in [1.82, 2.24) is 15.0 Å². The Morgan fingerprint density at radius 2 is 2.07 bits per heavy atom. The molecule has 2 aromatic heterocycles. The van der Waals surface area contributed by atoms with E-state index in [4.69, 9.17) is 0 Å². The summed E-state index contributed by atoms with van der Waals surface area (Å²) < 4.78 is 2.02. The summed E-state index contributed by atoms with van der Waals surface area (Å²) in [7, 11) is 0. The molecule has 1 amide bonds. The molecule has 0 saturated carbocycles. The summed E-state index contributed by atoms with van der Waals surface area (Å²) in [4.78, 5) is 30.2. The second-order valence-corrected chi connectivity index (χ2v) is 8.14. The maximum Gasteiger partial charge on any atom is 0.263 e. The Morgan fingerprint density at radius 1 is 1.27 bits per heavy atom. The van der Waals surface area contributed by atoms with Crippen molar-refractivity contribution < 1.29 is 9.90 Å². The second-order valence-electron chi connectivity index (χ2n) is 6.37. The number of nitrogens with one attached hydrogen (secondary N) is 1. The van der Waals surface area contributed by atoms with Crippen LogP contribution in [0, 0.1) is 0 Å². The molecular formula is C21H15BrN4O3S. The molecule has 0 aliphatic heterocycles. The van der Waals surface area contributed by atoms with Crippen LogP contribution in [-0.4, -0.2) is 26.8 Å². The molecule has 0 saturated heterocycles. The van der Waals surface area contributed by atoms with Gasteiger partial charge in [-0.2, -0.15) is 5.10 Å². The van der Waals surface area contributed by atoms with Crippen molar-refractivity contribution in [2.24, 2.45) is 5.10 Å². The van der Waals surface area contributed by atoms with E-state index >= 15 is 0 Å². The summed E-state index contributed by atoms with van der Waals surface area (Å²) in [5, 5.41) is 16.0. The zero-order chi connectivity index (χ0) is 21.1. The van der Waals surface area contributed by atoms with Gasteiger partial charge in [-0.3, -0.25) is 14.2 Å². The number of carbonyl (C=O) groups excluding carboxylic acids is 1. The van der Waals surface area contributed by atoms with Gasteiger partial charge in [-0.1, -0.05) is 46.3 Å². The second kappa shape index (κ2) is 8.60. The van der Waals surface area contributed by atoms with Crippen molar-refractivity contribution in [3.63, 3.8) is 0 Å². The fourth-order valence-corrected chi connectivity index (χ4v) is 4.19. The first kappa shape index (κ1) is 20.0. The van der Waals surface area contributed by atoms with E-state index in [1.54, 1.807) is 12.1 Å². The van der Waals surface area contributed by atoms with Crippen LogP contribution in [0.1, 0.15) is 5.56 Å². The third-order valence-electron chi connectivity index (χ3n) is 4.34. The lowest BCUT2D eigenvalue weighted by molar-refractivity contribution is -0.121. The van der Waals surface area contributed by atoms with Gasteiger partial charge in [0.25, 0.3) is 11.5 Å². The van der Waals surface area contributed by atoms with Crippen molar-refractivity contribution in [2.75, 3.05) is 0 Å². The van der Waals surface area contributed by atoms with Gasteiger partial charge in [-0.05, 0) is 23.8 Å². The Morgan fingerprint density at radius 3 is 2.87 bits per heavy atom. The zero-order valence-corrected chi connectivity index (χ0v) is 17.9. The highest BCUT2D eigenvalue weighted by Crippen LogP contribution is 2.30. The minimum Gasteiger partial charge on any atom is -0.507 e. The summed E-state index contributed by atoms with van der Waals surface area (Å²) in [6.45, 7) is -0.229. The van der Waals surface area contributed by atoms with Crippen LogP contribution < -0.4 is 11.0 Å². The summed E-state index contributed by atoms with van der Waals surface area (Å²) in [5.74, 6) is -0.451. The number of benzene rings is 2. The highest BCUT2D eigenvalue weighted by molar-refractivity contribution is 9.10. The Kier molecular flexibility index (Phi) is 5.73. The smallest absolute Gasteiger partial charge is 0.263 e. The van der Waals surface area contributed by atoms with Crippen LogP contribution in [0.4, 0.5) is 0 Å². The van der Waals surface area contributed by atoms with E-state index in [0.29, 0.717) is 15.8 Å². The maximum atomic E-state index is 13.0. The fraction of sp³-hybridized carbons (Fsp3) is 0.0476. The molecule has 0 spiro atoms. The lowest BCUT2D eigenvalue weighted by Crippen LogP contribution is -2.30. The molecule has 0 atom stereocenters. The Balaban J connectivity index is 1.54. The summed E-state index contributed by atoms with van der Waals surface area (Å²) in [6.07, 6.45) is 2.69. The van der Waals surface area contributed by atoms with Crippen LogP contribution in [0.2, 0.25) is 0 Å². The first-order valence-electron chi connectivity index (χ1n) is 8.85. The number of phenolic OH excluding ortho intramolecular Hbond substituents is 1. The average Bonchev–Trinajstić information content (AvgIpc) is 3.18. The molecule has 0 bridgehead atoms. The molecule has 0 radical (unpaired) electrons. The number of thiophene rings is 1. The number of rotatable bonds is 5. The van der Waals surface area contributed by atoms with E-state index in [0.717, 1.165) is 15.6 Å². The largest absolute Gasteiger partial charge is 0.507 e. The molecule has 0 fully saturated rings. The Bertz CT molecular complexity index is 1320. The molecule has 9 heteroatoms. The molecule has 2 N–H and O–H groups in total. The normalized spacial score (nSPS) is 11.2. The lowest BCUT2D eigenvalue weighted by Gasteiger charge is -2.05. The van der Waals surface area contributed by atoms with E-state index in [1.807, 2.05) is 35.7 Å². The molecule has 0 aliphatic carbocycles. The van der Waals surface area contributed by atoms with Gasteiger partial charge >= 0.3 is 0 Å².